The van der Waals surface area contributed by atoms with Crippen molar-refractivity contribution >= 4 is 50.7 Å². The lowest BCUT2D eigenvalue weighted by atomic mass is 10.1. The molecule has 3 aromatic rings. The van der Waals surface area contributed by atoms with Gasteiger partial charge in [0.15, 0.2) is 0 Å². The van der Waals surface area contributed by atoms with Gasteiger partial charge in [-0.05, 0) is 62.7 Å². The van der Waals surface area contributed by atoms with Gasteiger partial charge in [-0.1, -0.05) is 59.6 Å². The van der Waals surface area contributed by atoms with Gasteiger partial charge in [-0.25, -0.2) is 12.8 Å². The van der Waals surface area contributed by atoms with E-state index in [2.05, 4.69) is 5.32 Å². The van der Waals surface area contributed by atoms with Crippen molar-refractivity contribution in [2.24, 2.45) is 0 Å². The number of hydrogen-bond donors (Lipinski definition) is 1. The average molecular weight is 581 g/mol. The van der Waals surface area contributed by atoms with Crippen molar-refractivity contribution in [2.75, 3.05) is 10.8 Å². The minimum atomic E-state index is -4.35. The summed E-state index contributed by atoms with van der Waals surface area (Å²) in [6.07, 6.45) is 0. The number of halogens is 3. The third-order valence-corrected chi connectivity index (χ3v) is 8.18. The summed E-state index contributed by atoms with van der Waals surface area (Å²) in [5.41, 5.74) is 0.277. The van der Waals surface area contributed by atoms with Crippen LogP contribution in [0, 0.1) is 5.82 Å². The van der Waals surface area contributed by atoms with Crippen molar-refractivity contribution in [3.8, 4) is 0 Å². The lowest BCUT2D eigenvalue weighted by molar-refractivity contribution is -0.139. The van der Waals surface area contributed by atoms with E-state index in [4.69, 9.17) is 23.2 Å². The molecule has 1 N–H and O–H groups in total. The number of para-hydroxylation sites is 1. The topological polar surface area (TPSA) is 86.8 Å². The van der Waals surface area contributed by atoms with Crippen molar-refractivity contribution in [1.82, 2.24) is 10.2 Å². The first-order chi connectivity index (χ1) is 17.9. The van der Waals surface area contributed by atoms with Crippen LogP contribution in [-0.4, -0.2) is 43.8 Å². The zero-order valence-electron chi connectivity index (χ0n) is 21.1. The predicted molar refractivity (Wildman–Crippen MR) is 147 cm³/mol. The minimum Gasteiger partial charge on any atom is -0.352 e. The molecule has 0 saturated carbocycles. The van der Waals surface area contributed by atoms with Gasteiger partial charge >= 0.3 is 0 Å². The van der Waals surface area contributed by atoms with Gasteiger partial charge in [-0.2, -0.15) is 0 Å². The Hall–Kier alpha value is -3.14. The summed E-state index contributed by atoms with van der Waals surface area (Å²) in [6, 6.07) is 16.3. The SMILES string of the molecule is CC(C)NC(=O)C(C)N(Cc1ccc(Cl)c(Cl)c1)C(=O)CN(c1ccccc1F)S(=O)(=O)c1ccccc1. The molecule has 0 bridgehead atoms. The number of carbonyl (C=O) groups is 2. The van der Waals surface area contributed by atoms with Crippen LogP contribution < -0.4 is 9.62 Å². The molecule has 0 fully saturated rings. The highest BCUT2D eigenvalue weighted by molar-refractivity contribution is 7.92. The molecule has 38 heavy (non-hydrogen) atoms. The van der Waals surface area contributed by atoms with Gasteiger partial charge in [0.1, 0.15) is 18.4 Å². The van der Waals surface area contributed by atoms with E-state index in [0.29, 0.717) is 10.6 Å². The lowest BCUT2D eigenvalue weighted by Crippen LogP contribution is -2.52. The van der Waals surface area contributed by atoms with Crippen LogP contribution in [0.15, 0.2) is 77.7 Å². The predicted octanol–water partition coefficient (Wildman–Crippen LogP) is 5.27. The highest BCUT2D eigenvalue weighted by atomic mass is 35.5. The largest absolute Gasteiger partial charge is 0.352 e. The van der Waals surface area contributed by atoms with Crippen LogP contribution in [0.4, 0.5) is 10.1 Å². The van der Waals surface area contributed by atoms with Crippen LogP contribution >= 0.6 is 23.2 Å². The van der Waals surface area contributed by atoms with E-state index in [0.717, 1.165) is 10.4 Å². The van der Waals surface area contributed by atoms with Crippen molar-refractivity contribution in [3.05, 3.63) is 94.2 Å². The van der Waals surface area contributed by atoms with Crippen LogP contribution in [-0.2, 0) is 26.2 Å². The number of hydrogen-bond acceptors (Lipinski definition) is 4. The number of nitrogens with one attached hydrogen (secondary N) is 1. The first-order valence-electron chi connectivity index (χ1n) is 11.8. The standard InChI is InChI=1S/C27H28Cl2FN3O4S/c1-18(2)31-27(35)19(3)32(16-20-13-14-22(28)23(29)15-20)26(34)17-33(25-12-8-7-11-24(25)30)38(36,37)21-9-5-4-6-10-21/h4-15,18-19H,16-17H2,1-3H3,(H,31,35). The Morgan fingerprint density at radius 1 is 0.921 bits per heavy atom. The van der Waals surface area contributed by atoms with Crippen LogP contribution in [0.5, 0.6) is 0 Å². The fourth-order valence-corrected chi connectivity index (χ4v) is 5.47. The summed E-state index contributed by atoms with van der Waals surface area (Å²) in [6.45, 7) is 4.27. The maximum atomic E-state index is 14.9. The summed E-state index contributed by atoms with van der Waals surface area (Å²) in [5, 5.41) is 3.34. The maximum Gasteiger partial charge on any atom is 0.264 e. The Kier molecular flexibility index (Phi) is 9.76. The van der Waals surface area contributed by atoms with Gasteiger partial charge < -0.3 is 10.2 Å². The van der Waals surface area contributed by atoms with E-state index >= 15 is 0 Å². The molecule has 11 heteroatoms. The molecule has 0 saturated heterocycles. The fraction of sp³-hybridized carbons (Fsp3) is 0.259. The number of nitrogens with zero attached hydrogens (tertiary/aromatic N) is 2. The van der Waals surface area contributed by atoms with Gasteiger partial charge in [0.2, 0.25) is 11.8 Å². The van der Waals surface area contributed by atoms with Crippen LogP contribution in [0.25, 0.3) is 0 Å². The summed E-state index contributed by atoms with van der Waals surface area (Å²) in [4.78, 5) is 27.8. The van der Waals surface area contributed by atoms with E-state index in [-0.39, 0.29) is 28.2 Å². The van der Waals surface area contributed by atoms with Crippen molar-refractivity contribution < 1.29 is 22.4 Å². The molecule has 3 rings (SSSR count). The van der Waals surface area contributed by atoms with E-state index in [9.17, 15) is 22.4 Å². The number of sulfonamides is 1. The molecule has 0 aromatic heterocycles. The minimum absolute atomic E-state index is 0.0705. The number of carbonyl (C=O) groups excluding carboxylic acids is 2. The lowest BCUT2D eigenvalue weighted by Gasteiger charge is -2.32. The Morgan fingerprint density at radius 3 is 2.16 bits per heavy atom. The van der Waals surface area contributed by atoms with E-state index in [1.165, 1.54) is 54.3 Å². The zero-order valence-corrected chi connectivity index (χ0v) is 23.4. The molecule has 0 spiro atoms. The smallest absolute Gasteiger partial charge is 0.264 e. The first-order valence-corrected chi connectivity index (χ1v) is 14.0. The summed E-state index contributed by atoms with van der Waals surface area (Å²) in [7, 11) is -4.35. The molecule has 1 unspecified atom stereocenters. The molecule has 1 atom stereocenters. The van der Waals surface area contributed by atoms with Gasteiger partial charge in [-0.3, -0.25) is 13.9 Å². The fourth-order valence-electron chi connectivity index (χ4n) is 3.71. The number of amides is 2. The van der Waals surface area contributed by atoms with Crippen molar-refractivity contribution in [2.45, 2.75) is 44.3 Å². The Balaban J connectivity index is 2.04. The molecule has 0 aliphatic carbocycles. The molecule has 7 nitrogen and oxygen atoms in total. The Bertz CT molecular complexity index is 1400. The van der Waals surface area contributed by atoms with Crippen LogP contribution in [0.3, 0.4) is 0 Å². The van der Waals surface area contributed by atoms with E-state index < -0.39 is 40.2 Å². The molecule has 0 heterocycles. The normalized spacial score (nSPS) is 12.2. The van der Waals surface area contributed by atoms with Gasteiger partial charge in [0, 0.05) is 12.6 Å². The van der Waals surface area contributed by atoms with Gasteiger partial charge in [-0.15, -0.1) is 0 Å². The summed E-state index contributed by atoms with van der Waals surface area (Å²) in [5.74, 6) is -1.97. The van der Waals surface area contributed by atoms with Gasteiger partial charge in [0.25, 0.3) is 10.0 Å². The zero-order chi connectivity index (χ0) is 28.0. The maximum absolute atomic E-state index is 14.9. The second-order valence-corrected chi connectivity index (χ2v) is 11.6. The summed E-state index contributed by atoms with van der Waals surface area (Å²) >= 11 is 12.2. The van der Waals surface area contributed by atoms with Crippen LogP contribution in [0.1, 0.15) is 26.3 Å². The molecule has 0 aliphatic rings. The molecule has 0 radical (unpaired) electrons. The van der Waals surface area contributed by atoms with Crippen molar-refractivity contribution in [3.63, 3.8) is 0 Å². The third kappa shape index (κ3) is 7.03. The molecular formula is C27H28Cl2FN3O4S. The van der Waals surface area contributed by atoms with E-state index in [1.807, 2.05) is 0 Å². The monoisotopic (exact) mass is 579 g/mol. The first kappa shape index (κ1) is 29.4. The molecule has 3 aromatic carbocycles. The van der Waals surface area contributed by atoms with E-state index in [1.54, 1.807) is 38.1 Å². The Labute approximate surface area is 232 Å². The number of anilines is 1. The number of rotatable bonds is 10. The molecule has 0 aliphatic heterocycles. The van der Waals surface area contributed by atoms with Crippen molar-refractivity contribution in [1.29, 1.82) is 0 Å². The number of benzene rings is 3. The average Bonchev–Trinajstić information content (AvgIpc) is 2.88. The highest BCUT2D eigenvalue weighted by Gasteiger charge is 2.33. The highest BCUT2D eigenvalue weighted by Crippen LogP contribution is 2.27. The second-order valence-electron chi connectivity index (χ2n) is 8.89. The Morgan fingerprint density at radius 2 is 1.55 bits per heavy atom. The second kappa shape index (κ2) is 12.6. The molecule has 2 amide bonds. The summed E-state index contributed by atoms with van der Waals surface area (Å²) < 4.78 is 42.8. The molecular weight excluding hydrogens is 552 g/mol. The van der Waals surface area contributed by atoms with Crippen LogP contribution in [0.2, 0.25) is 10.0 Å². The molecule has 202 valence electrons. The third-order valence-electron chi connectivity index (χ3n) is 5.67. The van der Waals surface area contributed by atoms with Gasteiger partial charge in [0.05, 0.1) is 20.6 Å². The quantitative estimate of drug-likeness (QED) is 0.354.